The van der Waals surface area contributed by atoms with Crippen LogP contribution in [-0.4, -0.2) is 23.4 Å². The molecule has 140 valence electrons. The minimum Gasteiger partial charge on any atom is -0.369 e. The molecule has 0 heterocycles. The Kier molecular flexibility index (Phi) is 4.84. The molecule has 1 aromatic rings. The van der Waals surface area contributed by atoms with E-state index in [0.717, 1.165) is 18.6 Å². The van der Waals surface area contributed by atoms with Crippen LogP contribution in [0.5, 0.6) is 0 Å². The molecule has 1 amide bonds. The van der Waals surface area contributed by atoms with Crippen LogP contribution < -0.4 is 5.32 Å². The molecule has 1 aromatic carbocycles. The number of hydrogen-bond donors (Lipinski definition) is 2. The van der Waals surface area contributed by atoms with Crippen LogP contribution in [0.3, 0.4) is 0 Å². The molecule has 9 heteroatoms. The van der Waals surface area contributed by atoms with Crippen molar-refractivity contribution in [1.29, 1.82) is 0 Å². The molecule has 0 saturated heterocycles. The molecule has 0 unspecified atom stereocenters. The summed E-state index contributed by atoms with van der Waals surface area (Å²) in [6, 6.07) is 2.85. The Hall–Kier alpha value is -1.77. The van der Waals surface area contributed by atoms with Gasteiger partial charge in [-0.2, -0.15) is 26.3 Å². The lowest BCUT2D eigenvalue weighted by Gasteiger charge is -2.39. The lowest BCUT2D eigenvalue weighted by molar-refractivity contribution is -0.376. The third kappa shape index (κ3) is 3.21. The largest absolute Gasteiger partial charge is 0.430 e. The Morgan fingerprint density at radius 1 is 1.08 bits per heavy atom. The van der Waals surface area contributed by atoms with Crippen LogP contribution in [0, 0.1) is 5.41 Å². The number of benzene rings is 1. The molecule has 0 aliphatic heterocycles. The summed E-state index contributed by atoms with van der Waals surface area (Å²) in [7, 11) is 0. The highest BCUT2D eigenvalue weighted by Crippen LogP contribution is 2.50. The average molecular weight is 369 g/mol. The summed E-state index contributed by atoms with van der Waals surface area (Å²) in [5.41, 5.74) is -6.79. The maximum Gasteiger partial charge on any atom is 0.430 e. The summed E-state index contributed by atoms with van der Waals surface area (Å²) in [6.45, 7) is 1.84. The van der Waals surface area contributed by atoms with E-state index in [1.807, 2.05) is 6.92 Å². The first-order valence-electron chi connectivity index (χ1n) is 7.65. The summed E-state index contributed by atoms with van der Waals surface area (Å²) in [4.78, 5) is 12.2. The highest BCUT2D eigenvalue weighted by Gasteiger charge is 2.71. The number of nitrogens with one attached hydrogen (secondary N) is 1. The summed E-state index contributed by atoms with van der Waals surface area (Å²) >= 11 is 0. The van der Waals surface area contributed by atoms with Gasteiger partial charge in [-0.05, 0) is 31.4 Å². The van der Waals surface area contributed by atoms with Gasteiger partial charge in [-0.25, -0.2) is 0 Å². The van der Waals surface area contributed by atoms with Gasteiger partial charge in [0.25, 0.3) is 5.60 Å². The van der Waals surface area contributed by atoms with Crippen molar-refractivity contribution >= 4 is 11.6 Å². The Bertz CT molecular complexity index is 612. The van der Waals surface area contributed by atoms with Gasteiger partial charge in [0, 0.05) is 16.7 Å². The van der Waals surface area contributed by atoms with Crippen molar-refractivity contribution < 1.29 is 36.2 Å². The van der Waals surface area contributed by atoms with Crippen molar-refractivity contribution in [3.05, 3.63) is 29.8 Å². The van der Waals surface area contributed by atoms with Gasteiger partial charge in [0.05, 0.1) is 0 Å². The fraction of sp³-hybridized carbons (Fsp3) is 0.562. The average Bonchev–Trinajstić information content (AvgIpc) is 2.44. The maximum absolute atomic E-state index is 12.8. The lowest BCUT2D eigenvalue weighted by atomic mass is 9.66. The zero-order valence-corrected chi connectivity index (χ0v) is 13.3. The molecule has 1 saturated carbocycles. The molecule has 0 bridgehead atoms. The van der Waals surface area contributed by atoms with E-state index in [1.54, 1.807) is 0 Å². The summed E-state index contributed by atoms with van der Waals surface area (Å²) in [5.74, 6) is -0.309. The second-order valence-electron chi connectivity index (χ2n) is 6.22. The maximum atomic E-state index is 12.8. The van der Waals surface area contributed by atoms with E-state index in [4.69, 9.17) is 0 Å². The molecule has 0 radical (unpaired) electrons. The number of hydrogen-bond acceptors (Lipinski definition) is 2. The predicted molar refractivity (Wildman–Crippen MR) is 77.7 cm³/mol. The van der Waals surface area contributed by atoms with Crippen molar-refractivity contribution in [2.75, 3.05) is 5.32 Å². The first-order chi connectivity index (χ1) is 11.4. The van der Waals surface area contributed by atoms with Crippen LogP contribution in [0.25, 0.3) is 0 Å². The third-order valence-corrected chi connectivity index (χ3v) is 4.85. The number of carbonyl (C=O) groups is 1. The van der Waals surface area contributed by atoms with Crippen LogP contribution >= 0.6 is 0 Å². The monoisotopic (exact) mass is 369 g/mol. The number of aliphatic hydroxyl groups is 1. The first-order valence-corrected chi connectivity index (χ1v) is 7.65. The lowest BCUT2D eigenvalue weighted by Crippen LogP contribution is -2.53. The van der Waals surface area contributed by atoms with Crippen LogP contribution in [-0.2, 0) is 10.4 Å². The van der Waals surface area contributed by atoms with Crippen LogP contribution in [0.4, 0.5) is 32.0 Å². The zero-order valence-electron chi connectivity index (χ0n) is 13.3. The molecule has 25 heavy (non-hydrogen) atoms. The number of anilines is 1. The SMILES string of the molecule is CCC1(C(=O)Nc2ccc(C(O)(C(F)(F)F)C(F)(F)F)cc2)CCC1. The zero-order chi connectivity index (χ0) is 19.1. The molecule has 0 atom stereocenters. The highest BCUT2D eigenvalue weighted by molar-refractivity contribution is 5.95. The van der Waals surface area contributed by atoms with Crippen LogP contribution in [0.1, 0.15) is 38.2 Å². The van der Waals surface area contributed by atoms with Gasteiger partial charge < -0.3 is 10.4 Å². The van der Waals surface area contributed by atoms with Gasteiger partial charge in [-0.1, -0.05) is 25.5 Å². The van der Waals surface area contributed by atoms with Crippen molar-refractivity contribution in [3.8, 4) is 0 Å². The summed E-state index contributed by atoms with van der Waals surface area (Å²) in [6.07, 6.45) is -9.00. The van der Waals surface area contributed by atoms with E-state index >= 15 is 0 Å². The molecule has 0 spiro atoms. The van der Waals surface area contributed by atoms with Gasteiger partial charge in [-0.15, -0.1) is 0 Å². The Morgan fingerprint density at radius 3 is 1.88 bits per heavy atom. The van der Waals surface area contributed by atoms with E-state index in [2.05, 4.69) is 5.32 Å². The molecule has 1 aliphatic carbocycles. The Labute approximate surface area is 140 Å². The normalized spacial score (nSPS) is 17.8. The van der Waals surface area contributed by atoms with E-state index in [0.29, 0.717) is 31.4 Å². The quantitative estimate of drug-likeness (QED) is 0.767. The first kappa shape index (κ1) is 19.6. The van der Waals surface area contributed by atoms with Crippen LogP contribution in [0.2, 0.25) is 0 Å². The van der Waals surface area contributed by atoms with Crippen molar-refractivity contribution in [3.63, 3.8) is 0 Å². The molecule has 0 aromatic heterocycles. The standard InChI is InChI=1S/C16H17F6NO2/c1-2-13(8-3-9-13)12(24)23-11-6-4-10(5-7-11)14(25,15(17,18)19)16(20,21)22/h4-7,25H,2-3,8-9H2,1H3,(H,23,24). The Morgan fingerprint density at radius 2 is 1.56 bits per heavy atom. The highest BCUT2D eigenvalue weighted by atomic mass is 19.4. The molecule has 2 N–H and O–H groups in total. The van der Waals surface area contributed by atoms with E-state index in [-0.39, 0.29) is 11.6 Å². The van der Waals surface area contributed by atoms with Gasteiger partial charge in [0.1, 0.15) is 0 Å². The molecular weight excluding hydrogens is 352 g/mol. The van der Waals surface area contributed by atoms with E-state index in [9.17, 15) is 36.2 Å². The minimum absolute atomic E-state index is 0.0696. The Balaban J connectivity index is 2.25. The molecule has 2 rings (SSSR count). The predicted octanol–water partition coefficient (Wildman–Crippen LogP) is 4.52. The van der Waals surface area contributed by atoms with E-state index in [1.165, 1.54) is 0 Å². The third-order valence-electron chi connectivity index (χ3n) is 4.85. The van der Waals surface area contributed by atoms with Crippen molar-refractivity contribution in [2.45, 2.75) is 50.6 Å². The fourth-order valence-corrected chi connectivity index (χ4v) is 2.89. The number of carbonyl (C=O) groups excluding carboxylic acids is 1. The summed E-state index contributed by atoms with van der Waals surface area (Å²) < 4.78 is 76.9. The fourth-order valence-electron chi connectivity index (χ4n) is 2.89. The van der Waals surface area contributed by atoms with Gasteiger partial charge >= 0.3 is 12.4 Å². The van der Waals surface area contributed by atoms with Gasteiger partial charge in [-0.3, -0.25) is 4.79 Å². The molecule has 1 fully saturated rings. The van der Waals surface area contributed by atoms with Gasteiger partial charge in [0.2, 0.25) is 5.91 Å². The smallest absolute Gasteiger partial charge is 0.369 e. The van der Waals surface area contributed by atoms with Crippen LogP contribution in [0.15, 0.2) is 24.3 Å². The summed E-state index contributed by atoms with van der Waals surface area (Å²) in [5, 5.41) is 11.8. The second-order valence-corrected chi connectivity index (χ2v) is 6.22. The topological polar surface area (TPSA) is 49.3 Å². The molecule has 1 aliphatic rings. The second kappa shape index (κ2) is 6.19. The molecule has 3 nitrogen and oxygen atoms in total. The number of rotatable bonds is 4. The van der Waals surface area contributed by atoms with E-state index < -0.39 is 28.9 Å². The number of amides is 1. The van der Waals surface area contributed by atoms with Gasteiger partial charge in [0.15, 0.2) is 0 Å². The van der Waals surface area contributed by atoms with Crippen molar-refractivity contribution in [2.24, 2.45) is 5.41 Å². The van der Waals surface area contributed by atoms with Crippen molar-refractivity contribution in [1.82, 2.24) is 0 Å². The number of halogens is 6. The minimum atomic E-state index is -5.94. The number of alkyl halides is 6. The molecular formula is C16H17F6NO2.